The monoisotopic (exact) mass is 426 g/mol. The number of hydrogen-bond donors (Lipinski definition) is 1. The first-order chi connectivity index (χ1) is 13.2. The summed E-state index contributed by atoms with van der Waals surface area (Å²) < 4.78 is 11.4. The van der Waals surface area contributed by atoms with Crippen molar-refractivity contribution in [1.82, 2.24) is 10.3 Å². The first-order valence-corrected chi connectivity index (χ1v) is 10.2. The second kappa shape index (κ2) is 14.5. The summed E-state index contributed by atoms with van der Waals surface area (Å²) in [5, 5.41) is 3.99. The molecule has 0 aliphatic heterocycles. The molecule has 2 aromatic rings. The van der Waals surface area contributed by atoms with Crippen molar-refractivity contribution in [2.75, 3.05) is 13.7 Å². The second-order valence-electron chi connectivity index (χ2n) is 6.71. The van der Waals surface area contributed by atoms with Gasteiger partial charge in [-0.05, 0) is 36.7 Å². The van der Waals surface area contributed by atoms with Gasteiger partial charge in [0.25, 0.3) is 0 Å². The first kappa shape index (κ1) is 24.5. The zero-order valence-corrected chi connectivity index (χ0v) is 18.5. The number of benzene rings is 1. The predicted octanol–water partition coefficient (Wildman–Crippen LogP) is 6.19. The molecule has 6 heteroatoms. The van der Waals surface area contributed by atoms with Crippen LogP contribution in [0.25, 0.3) is 0 Å². The van der Waals surface area contributed by atoms with Gasteiger partial charge in [-0.1, -0.05) is 62.8 Å². The summed E-state index contributed by atoms with van der Waals surface area (Å²) >= 11 is 5.81. The number of methoxy groups -OCH3 is 1. The number of ether oxygens (including phenoxy) is 2. The Morgan fingerprint density at radius 3 is 2.43 bits per heavy atom. The number of nitrogens with one attached hydrogen (secondary N) is 1. The summed E-state index contributed by atoms with van der Waals surface area (Å²) in [7, 11) is 1.67. The highest BCUT2D eigenvalue weighted by molar-refractivity contribution is 6.29. The number of aromatic nitrogens is 1. The molecule has 0 saturated carbocycles. The molecule has 0 aliphatic rings. The van der Waals surface area contributed by atoms with Gasteiger partial charge in [-0.15, -0.1) is 12.4 Å². The quantitative estimate of drug-likeness (QED) is 0.306. The molecule has 0 unspecified atom stereocenters. The Labute approximate surface area is 180 Å². The number of unbranched alkanes of at least 4 members (excludes halogenated alkanes) is 5. The van der Waals surface area contributed by atoms with Gasteiger partial charge in [0.05, 0.1) is 7.11 Å². The lowest BCUT2D eigenvalue weighted by molar-refractivity contribution is 0.284. The van der Waals surface area contributed by atoms with Crippen LogP contribution in [0.2, 0.25) is 5.15 Å². The van der Waals surface area contributed by atoms with Crippen LogP contribution in [0, 0.1) is 0 Å². The lowest BCUT2D eigenvalue weighted by atomic mass is 10.1. The van der Waals surface area contributed by atoms with Gasteiger partial charge in [-0.2, -0.15) is 0 Å². The molecule has 1 heterocycles. The number of pyridine rings is 1. The standard InChI is InChI=1S/C22H31ClN2O2.ClH/c1-3-4-5-6-7-8-13-24-15-18-9-11-20(21(14-18)26-2)27-17-19-10-12-22(23)25-16-19;/h9-12,14,16,24H,3-8,13,15,17H2,1-2H3;1H. The topological polar surface area (TPSA) is 43.4 Å². The van der Waals surface area contributed by atoms with Crippen LogP contribution in [0.1, 0.15) is 56.6 Å². The van der Waals surface area contributed by atoms with Crippen LogP contribution in [0.4, 0.5) is 0 Å². The van der Waals surface area contributed by atoms with Crippen LogP contribution in [-0.2, 0) is 13.2 Å². The third-order valence-electron chi connectivity index (χ3n) is 4.45. The van der Waals surface area contributed by atoms with E-state index in [2.05, 4.69) is 23.3 Å². The molecule has 0 spiro atoms. The fraction of sp³-hybridized carbons (Fsp3) is 0.500. The van der Waals surface area contributed by atoms with Crippen molar-refractivity contribution in [3.63, 3.8) is 0 Å². The second-order valence-corrected chi connectivity index (χ2v) is 7.09. The summed E-state index contributed by atoms with van der Waals surface area (Å²) in [6.45, 7) is 4.57. The Kier molecular flexibility index (Phi) is 12.7. The molecule has 1 aromatic carbocycles. The molecule has 0 fully saturated rings. The zero-order valence-electron chi connectivity index (χ0n) is 16.9. The van der Waals surface area contributed by atoms with Crippen molar-refractivity contribution in [2.45, 2.75) is 58.6 Å². The lowest BCUT2D eigenvalue weighted by Crippen LogP contribution is -2.14. The average molecular weight is 427 g/mol. The van der Waals surface area contributed by atoms with E-state index in [-0.39, 0.29) is 12.4 Å². The fourth-order valence-electron chi connectivity index (χ4n) is 2.86. The minimum atomic E-state index is 0. The molecule has 1 N–H and O–H groups in total. The number of halogens is 2. The minimum absolute atomic E-state index is 0. The summed E-state index contributed by atoms with van der Waals surface area (Å²) in [6.07, 6.45) is 9.63. The lowest BCUT2D eigenvalue weighted by Gasteiger charge is -2.13. The molecule has 0 bridgehead atoms. The molecule has 1 aromatic heterocycles. The maximum absolute atomic E-state index is 5.87. The van der Waals surface area contributed by atoms with E-state index in [9.17, 15) is 0 Å². The molecule has 0 atom stereocenters. The Morgan fingerprint density at radius 2 is 1.71 bits per heavy atom. The van der Waals surface area contributed by atoms with Crippen molar-refractivity contribution in [3.8, 4) is 11.5 Å². The third kappa shape index (κ3) is 9.13. The summed E-state index contributed by atoms with van der Waals surface area (Å²) in [6, 6.07) is 9.73. The molecule has 28 heavy (non-hydrogen) atoms. The summed E-state index contributed by atoms with van der Waals surface area (Å²) in [5.74, 6) is 1.47. The smallest absolute Gasteiger partial charge is 0.161 e. The van der Waals surface area contributed by atoms with Gasteiger partial charge < -0.3 is 14.8 Å². The van der Waals surface area contributed by atoms with Gasteiger partial charge in [-0.25, -0.2) is 4.98 Å². The Hall–Kier alpha value is -1.49. The van der Waals surface area contributed by atoms with Gasteiger partial charge >= 0.3 is 0 Å². The van der Waals surface area contributed by atoms with Crippen LogP contribution in [0.5, 0.6) is 11.5 Å². The molecular weight excluding hydrogens is 395 g/mol. The maximum Gasteiger partial charge on any atom is 0.161 e. The molecule has 156 valence electrons. The Bertz CT molecular complexity index is 666. The molecular formula is C22H32Cl2N2O2. The molecule has 0 aliphatic carbocycles. The molecule has 4 nitrogen and oxygen atoms in total. The van der Waals surface area contributed by atoms with Crippen LogP contribution < -0.4 is 14.8 Å². The van der Waals surface area contributed by atoms with E-state index >= 15 is 0 Å². The van der Waals surface area contributed by atoms with Crippen LogP contribution in [-0.4, -0.2) is 18.6 Å². The van der Waals surface area contributed by atoms with Crippen molar-refractivity contribution in [1.29, 1.82) is 0 Å². The first-order valence-electron chi connectivity index (χ1n) is 9.83. The molecule has 2 rings (SSSR count). The average Bonchev–Trinajstić information content (AvgIpc) is 2.70. The largest absolute Gasteiger partial charge is 0.493 e. The third-order valence-corrected chi connectivity index (χ3v) is 4.67. The van der Waals surface area contributed by atoms with Gasteiger partial charge in [0, 0.05) is 18.3 Å². The summed E-state index contributed by atoms with van der Waals surface area (Å²) in [5.41, 5.74) is 2.16. The van der Waals surface area contributed by atoms with Gasteiger partial charge in [0.1, 0.15) is 11.8 Å². The van der Waals surface area contributed by atoms with Crippen molar-refractivity contribution >= 4 is 24.0 Å². The van der Waals surface area contributed by atoms with Gasteiger partial charge in [0.15, 0.2) is 11.5 Å². The maximum atomic E-state index is 5.87. The van der Waals surface area contributed by atoms with Gasteiger partial charge in [0.2, 0.25) is 0 Å². The molecule has 0 amide bonds. The number of hydrogen-bond acceptors (Lipinski definition) is 4. The van der Waals surface area contributed by atoms with Crippen molar-refractivity contribution in [3.05, 3.63) is 52.8 Å². The van der Waals surface area contributed by atoms with Crippen LogP contribution in [0.15, 0.2) is 36.5 Å². The number of rotatable bonds is 13. The normalized spacial score (nSPS) is 10.4. The Morgan fingerprint density at radius 1 is 0.964 bits per heavy atom. The summed E-state index contributed by atoms with van der Waals surface area (Å²) in [4.78, 5) is 4.06. The van der Waals surface area contributed by atoms with E-state index in [1.165, 1.54) is 44.1 Å². The number of nitrogens with zero attached hydrogens (tertiary/aromatic N) is 1. The minimum Gasteiger partial charge on any atom is -0.493 e. The highest BCUT2D eigenvalue weighted by Gasteiger charge is 2.06. The molecule has 0 radical (unpaired) electrons. The van der Waals surface area contributed by atoms with Gasteiger partial charge in [-0.3, -0.25) is 0 Å². The fourth-order valence-corrected chi connectivity index (χ4v) is 2.97. The SMILES string of the molecule is CCCCCCCCNCc1ccc(OCc2ccc(Cl)nc2)c(OC)c1.Cl. The van der Waals surface area contributed by atoms with Crippen LogP contribution in [0.3, 0.4) is 0 Å². The molecule has 0 saturated heterocycles. The highest BCUT2D eigenvalue weighted by atomic mass is 35.5. The van der Waals surface area contributed by atoms with E-state index in [1.54, 1.807) is 19.4 Å². The van der Waals surface area contributed by atoms with Crippen molar-refractivity contribution in [2.24, 2.45) is 0 Å². The van der Waals surface area contributed by atoms with E-state index in [0.717, 1.165) is 30.2 Å². The Balaban J connectivity index is 0.00000392. The predicted molar refractivity (Wildman–Crippen MR) is 119 cm³/mol. The highest BCUT2D eigenvalue weighted by Crippen LogP contribution is 2.28. The van der Waals surface area contributed by atoms with E-state index < -0.39 is 0 Å². The zero-order chi connectivity index (χ0) is 19.3. The van der Waals surface area contributed by atoms with Crippen molar-refractivity contribution < 1.29 is 9.47 Å². The van der Waals surface area contributed by atoms with E-state index in [1.807, 2.05) is 18.2 Å². The van der Waals surface area contributed by atoms with E-state index in [4.69, 9.17) is 21.1 Å². The van der Waals surface area contributed by atoms with E-state index in [0.29, 0.717) is 11.8 Å². The van der Waals surface area contributed by atoms with Crippen LogP contribution >= 0.6 is 24.0 Å².